The Morgan fingerprint density at radius 1 is 1.04 bits per heavy atom. The molecule has 4 fully saturated rings. The summed E-state index contributed by atoms with van der Waals surface area (Å²) in [7, 11) is 0. The number of aromatic nitrogens is 1. The molecule has 2 aromatic rings. The van der Waals surface area contributed by atoms with Crippen LogP contribution in [-0.2, 0) is 25.4 Å². The molecule has 3 saturated heterocycles. The second kappa shape index (κ2) is 17.4. The highest BCUT2D eigenvalue weighted by atomic mass is 32.1. The summed E-state index contributed by atoms with van der Waals surface area (Å²) < 4.78 is 41.2. The van der Waals surface area contributed by atoms with Crippen LogP contribution in [0.25, 0.3) is 0 Å². The van der Waals surface area contributed by atoms with E-state index in [1.54, 1.807) is 38.2 Å². The number of hydrogen-bond donors (Lipinski definition) is 3. The smallest absolute Gasteiger partial charge is 0.310 e. The van der Waals surface area contributed by atoms with Crippen molar-refractivity contribution in [2.24, 2.45) is 5.92 Å². The first kappa shape index (κ1) is 42.6. The summed E-state index contributed by atoms with van der Waals surface area (Å²) in [6.45, 7) is 10.8. The van der Waals surface area contributed by atoms with E-state index in [0.717, 1.165) is 76.7 Å². The minimum Gasteiger partial charge on any atom is -0.310 e. The Morgan fingerprint density at radius 2 is 1.74 bits per heavy atom. The lowest BCUT2D eigenvalue weighted by molar-refractivity contribution is -0.138. The first-order chi connectivity index (χ1) is 27.0. The molecule has 2 N–H and O–H groups in total. The molecule has 0 bridgehead atoms. The van der Waals surface area contributed by atoms with Crippen molar-refractivity contribution in [1.29, 1.82) is 5.26 Å². The van der Waals surface area contributed by atoms with Crippen molar-refractivity contribution >= 4 is 47.8 Å². The summed E-state index contributed by atoms with van der Waals surface area (Å²) in [6.07, 6.45) is 4.58. The van der Waals surface area contributed by atoms with Crippen LogP contribution in [0.5, 0.6) is 0 Å². The maximum absolute atomic E-state index is 13.7. The van der Waals surface area contributed by atoms with Crippen LogP contribution >= 0.6 is 12.6 Å². The molecule has 57 heavy (non-hydrogen) atoms. The van der Waals surface area contributed by atoms with Gasteiger partial charge in [0, 0.05) is 49.5 Å². The molecule has 1 aromatic heterocycles. The van der Waals surface area contributed by atoms with Crippen LogP contribution in [0.4, 0.5) is 24.7 Å². The van der Waals surface area contributed by atoms with Crippen LogP contribution in [0.15, 0.2) is 36.5 Å². The van der Waals surface area contributed by atoms with Gasteiger partial charge >= 0.3 is 6.18 Å². The number of rotatable bonds is 11. The average molecular weight is 811 g/mol. The molecule has 2 unspecified atom stereocenters. The summed E-state index contributed by atoms with van der Waals surface area (Å²) in [4.78, 5) is 63.0. The summed E-state index contributed by atoms with van der Waals surface area (Å²) in [5.74, 6) is -0.594. The van der Waals surface area contributed by atoms with Gasteiger partial charge in [-0.05, 0) is 115 Å². The molecule has 4 aliphatic rings. The zero-order chi connectivity index (χ0) is 41.2. The van der Waals surface area contributed by atoms with Crippen molar-refractivity contribution in [1.82, 2.24) is 25.0 Å². The van der Waals surface area contributed by atoms with E-state index in [0.29, 0.717) is 23.7 Å². The minimum atomic E-state index is -4.73. The number of alkyl halides is 3. The number of nitrogens with one attached hydrogen (secondary N) is 2. The Bertz CT molecular complexity index is 1870. The quantitative estimate of drug-likeness (QED) is 0.144. The van der Waals surface area contributed by atoms with Gasteiger partial charge in [-0.25, -0.2) is 4.98 Å². The molecule has 6 rings (SSSR count). The molecule has 1 aromatic carbocycles. The third-order valence-corrected chi connectivity index (χ3v) is 12.8. The summed E-state index contributed by atoms with van der Waals surface area (Å²) >= 11 is 4.79. The SMILES string of the molecule is C[C@@H]1CN(CCCCC2CCC(N3C(S)N(c4ccc(C#N)c(C(F)(F)F)c4)C(=O)C3(C)C)CC2)C[C@H](C)N1CC(=O)Nc1cc(C2CCC(=O)NC2=O)ccn1. The predicted molar refractivity (Wildman–Crippen MR) is 212 cm³/mol. The van der Waals surface area contributed by atoms with Crippen LogP contribution in [0.3, 0.4) is 0 Å². The van der Waals surface area contributed by atoms with Crippen LogP contribution < -0.4 is 15.5 Å². The number of hydrogen-bond acceptors (Lipinski definition) is 10. The fourth-order valence-corrected chi connectivity index (χ4v) is 10.1. The Balaban J connectivity index is 0.928. The zero-order valence-corrected chi connectivity index (χ0v) is 33.9. The Morgan fingerprint density at radius 3 is 2.39 bits per heavy atom. The number of piperidine rings is 1. The van der Waals surface area contributed by atoms with Crippen molar-refractivity contribution in [3.63, 3.8) is 0 Å². The fourth-order valence-electron chi connectivity index (χ4n) is 9.37. The van der Waals surface area contributed by atoms with Gasteiger partial charge in [0.1, 0.15) is 11.3 Å². The second-order valence-corrected chi connectivity index (χ2v) is 17.1. The number of anilines is 2. The molecular weight excluding hydrogens is 758 g/mol. The number of nitrogens with zero attached hydrogens (tertiary/aromatic N) is 6. The van der Waals surface area contributed by atoms with E-state index >= 15 is 0 Å². The maximum Gasteiger partial charge on any atom is 0.417 e. The number of carbonyl (C=O) groups excluding carboxylic acids is 4. The topological polar surface area (TPSA) is 142 Å². The Kier molecular flexibility index (Phi) is 13.0. The lowest BCUT2D eigenvalue weighted by Crippen LogP contribution is -2.58. The van der Waals surface area contributed by atoms with Gasteiger partial charge in [-0.15, -0.1) is 12.6 Å². The van der Waals surface area contributed by atoms with Crippen LogP contribution in [0.2, 0.25) is 0 Å². The van der Waals surface area contributed by atoms with Crippen molar-refractivity contribution in [3.8, 4) is 6.07 Å². The predicted octanol–water partition coefficient (Wildman–Crippen LogP) is 5.90. The van der Waals surface area contributed by atoms with Crippen molar-refractivity contribution in [3.05, 3.63) is 53.2 Å². The number of thiol groups is 1. The number of unbranched alkanes of at least 4 members (excludes halogenated alkanes) is 1. The van der Waals surface area contributed by atoms with E-state index in [-0.39, 0.29) is 60.4 Å². The van der Waals surface area contributed by atoms with Crippen LogP contribution in [0.1, 0.15) is 108 Å². The van der Waals surface area contributed by atoms with Gasteiger partial charge in [0.2, 0.25) is 23.6 Å². The standard InChI is InChI=1S/C41H53F3N8O4S/c1-25-22-49(23-26(2)50(25)24-36(54)47-34-19-28(16-17-46-34)32-14-15-35(53)48-37(32)55)18-6-5-7-27-8-11-30(12-9-27)52-39(57)51(38(56)40(52,3)4)31-13-10-29(21-45)33(20-31)41(42,43)44/h10,13,16-17,19-20,25-27,30,32,39,57H,5-9,11-12,14-15,18,22-24H2,1-4H3,(H,46,47,54)(H,48,53,55)/t25-,26+,27?,30?,32?,39?. The number of carbonyl (C=O) groups is 4. The average Bonchev–Trinajstić information content (AvgIpc) is 3.33. The monoisotopic (exact) mass is 810 g/mol. The fraction of sp³-hybridized carbons (Fsp3) is 0.610. The van der Waals surface area contributed by atoms with Crippen molar-refractivity contribution in [2.45, 2.75) is 127 Å². The van der Waals surface area contributed by atoms with Gasteiger partial charge in [-0.2, -0.15) is 18.4 Å². The molecular formula is C41H53F3N8O4S. The van der Waals surface area contributed by atoms with E-state index in [1.165, 1.54) is 11.0 Å². The lowest BCUT2D eigenvalue weighted by Gasteiger charge is -2.44. The maximum atomic E-state index is 13.7. The first-order valence-electron chi connectivity index (χ1n) is 20.0. The number of benzene rings is 1. The van der Waals surface area contributed by atoms with E-state index in [2.05, 4.69) is 39.3 Å². The van der Waals surface area contributed by atoms with Gasteiger partial charge in [-0.1, -0.05) is 12.8 Å². The van der Waals surface area contributed by atoms with Gasteiger partial charge in [0.05, 0.1) is 35.2 Å². The second-order valence-electron chi connectivity index (χ2n) is 16.7. The van der Waals surface area contributed by atoms with Gasteiger partial charge < -0.3 is 10.2 Å². The first-order valence-corrected chi connectivity index (χ1v) is 20.5. The van der Waals surface area contributed by atoms with Gasteiger partial charge in [0.25, 0.3) is 0 Å². The van der Waals surface area contributed by atoms with Crippen LogP contribution in [0, 0.1) is 17.2 Å². The zero-order valence-electron chi connectivity index (χ0n) is 33.0. The molecule has 12 nitrogen and oxygen atoms in total. The molecule has 16 heteroatoms. The van der Waals surface area contributed by atoms with E-state index < -0.39 is 34.3 Å². The number of halogens is 3. The van der Waals surface area contributed by atoms with Crippen LogP contribution in [-0.4, -0.2) is 98.7 Å². The lowest BCUT2D eigenvalue weighted by atomic mass is 9.81. The van der Waals surface area contributed by atoms with Gasteiger partial charge in [-0.3, -0.25) is 39.2 Å². The molecule has 3 aliphatic heterocycles. The number of pyridine rings is 1. The van der Waals surface area contributed by atoms with E-state index in [4.69, 9.17) is 12.6 Å². The van der Waals surface area contributed by atoms with Crippen molar-refractivity contribution < 1.29 is 32.3 Å². The third-order valence-electron chi connectivity index (χ3n) is 12.3. The Labute approximate surface area is 337 Å². The number of imide groups is 1. The normalized spacial score (nSPS) is 27.6. The largest absolute Gasteiger partial charge is 0.417 e. The molecule has 4 amide bonds. The summed E-state index contributed by atoms with van der Waals surface area (Å²) in [6, 6.07) is 8.84. The summed E-state index contributed by atoms with van der Waals surface area (Å²) in [5.41, 5.74) is -2.44. The third kappa shape index (κ3) is 9.48. The molecule has 4 heterocycles. The summed E-state index contributed by atoms with van der Waals surface area (Å²) in [5, 5.41) is 14.5. The number of piperazine rings is 1. The molecule has 308 valence electrons. The highest BCUT2D eigenvalue weighted by Crippen LogP contribution is 2.44. The highest BCUT2D eigenvalue weighted by molar-refractivity contribution is 7.81. The molecule has 4 atom stereocenters. The van der Waals surface area contributed by atoms with Gasteiger partial charge in [0.15, 0.2) is 0 Å². The molecule has 0 radical (unpaired) electrons. The van der Waals surface area contributed by atoms with Crippen molar-refractivity contribution in [2.75, 3.05) is 36.4 Å². The van der Waals surface area contributed by atoms with E-state index in [1.807, 2.05) is 4.90 Å². The molecule has 1 aliphatic carbocycles. The van der Waals surface area contributed by atoms with E-state index in [9.17, 15) is 37.6 Å². The Hall–Kier alpha value is -4.04. The molecule has 1 saturated carbocycles. The number of nitriles is 1. The molecule has 0 spiro atoms. The number of amides is 4. The minimum absolute atomic E-state index is 0.0637. The highest BCUT2D eigenvalue weighted by Gasteiger charge is 2.54.